The van der Waals surface area contributed by atoms with E-state index in [4.69, 9.17) is 0 Å². The first-order valence-corrected chi connectivity index (χ1v) is 8.45. The Bertz CT molecular complexity index is 702. The predicted molar refractivity (Wildman–Crippen MR) is 95.7 cm³/mol. The zero-order valence-electron chi connectivity index (χ0n) is 15.0. The Balaban J connectivity index is 2.19. The molecule has 0 spiro atoms. The van der Waals surface area contributed by atoms with Crippen LogP contribution in [0.3, 0.4) is 0 Å². The van der Waals surface area contributed by atoms with Crippen molar-refractivity contribution in [3.63, 3.8) is 0 Å². The summed E-state index contributed by atoms with van der Waals surface area (Å²) in [4.78, 5) is 11.6. The highest BCUT2D eigenvalue weighted by atomic mass is 16.4. The van der Waals surface area contributed by atoms with Gasteiger partial charge < -0.3 is 10.4 Å². The van der Waals surface area contributed by atoms with E-state index >= 15 is 0 Å². The van der Waals surface area contributed by atoms with Crippen molar-refractivity contribution < 1.29 is 9.90 Å². The zero-order valence-corrected chi connectivity index (χ0v) is 15.0. The van der Waals surface area contributed by atoms with E-state index in [1.54, 1.807) is 6.20 Å². The van der Waals surface area contributed by atoms with E-state index in [9.17, 15) is 9.90 Å². The third-order valence-electron chi connectivity index (χ3n) is 4.95. The van der Waals surface area contributed by atoms with E-state index in [0.717, 1.165) is 16.8 Å². The molecule has 0 bridgehead atoms. The normalized spacial score (nSPS) is 11.7. The number of hydrogen-bond donors (Lipinski definition) is 2. The van der Waals surface area contributed by atoms with Crippen molar-refractivity contribution in [2.24, 2.45) is 12.5 Å². The van der Waals surface area contributed by atoms with Gasteiger partial charge in [0, 0.05) is 31.9 Å². The highest BCUT2D eigenvalue weighted by molar-refractivity contribution is 5.74. The smallest absolute Gasteiger partial charge is 0.310 e. The van der Waals surface area contributed by atoms with Crippen LogP contribution in [0.2, 0.25) is 0 Å². The molecule has 1 aromatic heterocycles. The van der Waals surface area contributed by atoms with Crippen LogP contribution in [0.25, 0.3) is 11.3 Å². The van der Waals surface area contributed by atoms with Crippen LogP contribution in [-0.4, -0.2) is 27.4 Å². The van der Waals surface area contributed by atoms with Gasteiger partial charge in [-0.2, -0.15) is 5.10 Å². The summed E-state index contributed by atoms with van der Waals surface area (Å²) in [6.07, 6.45) is 3.03. The zero-order chi connectivity index (χ0) is 17.7. The Labute approximate surface area is 143 Å². The number of nitrogens with zero attached hydrogens (tertiary/aromatic N) is 2. The standard InChI is InChI=1S/C19H27N3O2/c1-5-19(6-2,18(23)24)13-20-12-15-8-7-14(3)11-16(15)17-9-10-21-22(17)4/h7-11,20H,5-6,12-13H2,1-4H3,(H,23,24). The van der Waals surface area contributed by atoms with Gasteiger partial charge in [-0.15, -0.1) is 0 Å². The number of rotatable bonds is 8. The number of carboxylic acids is 1. The Morgan fingerprint density at radius 1 is 1.29 bits per heavy atom. The molecule has 5 nitrogen and oxygen atoms in total. The van der Waals surface area contributed by atoms with E-state index in [1.165, 1.54) is 5.56 Å². The Kier molecular flexibility index (Phi) is 5.78. The summed E-state index contributed by atoms with van der Waals surface area (Å²) in [6, 6.07) is 8.34. The molecule has 24 heavy (non-hydrogen) atoms. The van der Waals surface area contributed by atoms with Crippen molar-refractivity contribution in [1.82, 2.24) is 15.1 Å². The Hall–Kier alpha value is -2.14. The number of aromatic nitrogens is 2. The second-order valence-electron chi connectivity index (χ2n) is 6.40. The summed E-state index contributed by atoms with van der Waals surface area (Å²) >= 11 is 0. The second-order valence-corrected chi connectivity index (χ2v) is 6.40. The molecule has 0 fully saturated rings. The topological polar surface area (TPSA) is 67.2 Å². The first-order chi connectivity index (χ1) is 11.4. The van der Waals surface area contributed by atoms with Gasteiger partial charge in [0.15, 0.2) is 0 Å². The van der Waals surface area contributed by atoms with Crippen LogP contribution in [0.4, 0.5) is 0 Å². The molecule has 0 atom stereocenters. The minimum atomic E-state index is -0.726. The minimum Gasteiger partial charge on any atom is -0.481 e. The lowest BCUT2D eigenvalue weighted by Gasteiger charge is -2.27. The average molecular weight is 329 g/mol. The third kappa shape index (κ3) is 3.67. The molecule has 0 aliphatic rings. The molecule has 2 aromatic rings. The molecule has 0 aliphatic heterocycles. The summed E-state index contributed by atoms with van der Waals surface area (Å²) in [5.41, 5.74) is 3.84. The number of nitrogens with one attached hydrogen (secondary N) is 1. The molecule has 1 heterocycles. The SMILES string of the molecule is CCC(CC)(CNCc1ccc(C)cc1-c1ccnn1C)C(=O)O. The molecule has 1 aromatic carbocycles. The highest BCUT2D eigenvalue weighted by Gasteiger charge is 2.34. The molecule has 0 radical (unpaired) electrons. The highest BCUT2D eigenvalue weighted by Crippen LogP contribution is 2.27. The van der Waals surface area contributed by atoms with Gasteiger partial charge in [-0.3, -0.25) is 9.48 Å². The van der Waals surface area contributed by atoms with Crippen LogP contribution in [-0.2, 0) is 18.4 Å². The van der Waals surface area contributed by atoms with Crippen LogP contribution in [0, 0.1) is 12.3 Å². The van der Waals surface area contributed by atoms with Crippen molar-refractivity contribution >= 4 is 5.97 Å². The van der Waals surface area contributed by atoms with Gasteiger partial charge in [-0.25, -0.2) is 0 Å². The van der Waals surface area contributed by atoms with E-state index in [0.29, 0.717) is 25.9 Å². The lowest BCUT2D eigenvalue weighted by molar-refractivity contribution is -0.149. The number of carbonyl (C=O) groups is 1. The quantitative estimate of drug-likeness (QED) is 0.779. The Morgan fingerprint density at radius 2 is 2.00 bits per heavy atom. The van der Waals surface area contributed by atoms with Gasteiger partial charge in [0.1, 0.15) is 0 Å². The molecular weight excluding hydrogens is 302 g/mol. The van der Waals surface area contributed by atoms with Crippen LogP contribution < -0.4 is 5.32 Å². The van der Waals surface area contributed by atoms with Gasteiger partial charge >= 0.3 is 5.97 Å². The van der Waals surface area contributed by atoms with Gasteiger partial charge in [0.2, 0.25) is 0 Å². The van der Waals surface area contributed by atoms with E-state index in [1.807, 2.05) is 31.6 Å². The maximum Gasteiger partial charge on any atom is 0.310 e. The molecule has 0 saturated carbocycles. The van der Waals surface area contributed by atoms with Crippen LogP contribution in [0.1, 0.15) is 37.8 Å². The number of benzene rings is 1. The predicted octanol–water partition coefficient (Wildman–Crippen LogP) is 3.38. The van der Waals surface area contributed by atoms with Crippen LogP contribution in [0.5, 0.6) is 0 Å². The number of aryl methyl sites for hydroxylation is 2. The van der Waals surface area contributed by atoms with Crippen molar-refractivity contribution in [3.05, 3.63) is 41.6 Å². The fourth-order valence-corrected chi connectivity index (χ4v) is 3.04. The van der Waals surface area contributed by atoms with Gasteiger partial charge in [0.05, 0.1) is 11.1 Å². The largest absolute Gasteiger partial charge is 0.481 e. The molecule has 130 valence electrons. The molecule has 0 unspecified atom stereocenters. The molecule has 5 heteroatoms. The maximum atomic E-state index is 11.6. The van der Waals surface area contributed by atoms with Crippen molar-refractivity contribution in [2.75, 3.05) is 6.54 Å². The monoisotopic (exact) mass is 329 g/mol. The minimum absolute atomic E-state index is 0.466. The Morgan fingerprint density at radius 3 is 2.54 bits per heavy atom. The molecule has 0 aliphatic carbocycles. The lowest BCUT2D eigenvalue weighted by atomic mass is 9.82. The van der Waals surface area contributed by atoms with Crippen LogP contribution >= 0.6 is 0 Å². The van der Waals surface area contributed by atoms with Crippen molar-refractivity contribution in [2.45, 2.75) is 40.2 Å². The lowest BCUT2D eigenvalue weighted by Crippen LogP contribution is -2.40. The fourth-order valence-electron chi connectivity index (χ4n) is 3.04. The van der Waals surface area contributed by atoms with Gasteiger partial charge in [-0.05, 0) is 37.5 Å². The fraction of sp³-hybridized carbons (Fsp3) is 0.474. The summed E-state index contributed by atoms with van der Waals surface area (Å²) in [7, 11) is 1.93. The number of hydrogen-bond acceptors (Lipinski definition) is 3. The molecule has 2 N–H and O–H groups in total. The molecule has 0 amide bonds. The number of carboxylic acid groups (broad SMARTS) is 1. The first kappa shape index (κ1) is 18.2. The van der Waals surface area contributed by atoms with Gasteiger partial charge in [-0.1, -0.05) is 31.5 Å². The van der Waals surface area contributed by atoms with E-state index in [2.05, 4.69) is 35.5 Å². The second kappa shape index (κ2) is 7.62. The molecule has 2 rings (SSSR count). The third-order valence-corrected chi connectivity index (χ3v) is 4.95. The molecular formula is C19H27N3O2. The van der Waals surface area contributed by atoms with Crippen LogP contribution in [0.15, 0.2) is 30.5 Å². The summed E-state index contributed by atoms with van der Waals surface area (Å²) in [5.74, 6) is -0.726. The summed E-state index contributed by atoms with van der Waals surface area (Å²) in [5, 5.41) is 17.2. The van der Waals surface area contributed by atoms with E-state index in [-0.39, 0.29) is 0 Å². The first-order valence-electron chi connectivity index (χ1n) is 8.45. The van der Waals surface area contributed by atoms with Crippen molar-refractivity contribution in [3.8, 4) is 11.3 Å². The average Bonchev–Trinajstić information content (AvgIpc) is 2.98. The summed E-state index contributed by atoms with van der Waals surface area (Å²) in [6.45, 7) is 7.04. The van der Waals surface area contributed by atoms with Crippen molar-refractivity contribution in [1.29, 1.82) is 0 Å². The number of aliphatic carboxylic acids is 1. The molecule has 0 saturated heterocycles. The van der Waals surface area contributed by atoms with E-state index < -0.39 is 11.4 Å². The summed E-state index contributed by atoms with van der Waals surface area (Å²) < 4.78 is 1.86. The van der Waals surface area contributed by atoms with Gasteiger partial charge in [0.25, 0.3) is 0 Å². The maximum absolute atomic E-state index is 11.6.